The fourth-order valence-electron chi connectivity index (χ4n) is 1.20. The van der Waals surface area contributed by atoms with E-state index in [-0.39, 0.29) is 0 Å². The predicted octanol–water partition coefficient (Wildman–Crippen LogP) is 2.37. The normalized spacial score (nSPS) is 9.82. The van der Waals surface area contributed by atoms with Gasteiger partial charge in [0, 0.05) is 19.8 Å². The average Bonchev–Trinajstić information content (AvgIpc) is 1.94. The summed E-state index contributed by atoms with van der Waals surface area (Å²) in [7, 11) is 4.14. The highest BCUT2D eigenvalue weighted by Gasteiger charge is 1.98. The van der Waals surface area contributed by atoms with Crippen molar-refractivity contribution >= 4 is 5.69 Å². The van der Waals surface area contributed by atoms with Gasteiger partial charge in [0.1, 0.15) is 0 Å². The Morgan fingerprint density at radius 3 is 2.18 bits per heavy atom. The maximum atomic E-state index is 2.20. The maximum absolute atomic E-state index is 2.20. The van der Waals surface area contributed by atoms with Gasteiger partial charge in [-0.05, 0) is 31.0 Å². The summed E-state index contributed by atoms with van der Waals surface area (Å²) in [6.07, 6.45) is 0. The van der Waals surface area contributed by atoms with Crippen LogP contribution in [0.25, 0.3) is 0 Å². The number of benzene rings is 1. The zero-order valence-electron chi connectivity index (χ0n) is 7.68. The summed E-state index contributed by atoms with van der Waals surface area (Å²) in [4.78, 5) is 2.14. The van der Waals surface area contributed by atoms with Crippen LogP contribution < -0.4 is 4.90 Å². The van der Waals surface area contributed by atoms with E-state index in [1.54, 1.807) is 0 Å². The molecule has 11 heavy (non-hydrogen) atoms. The van der Waals surface area contributed by atoms with E-state index < -0.39 is 0 Å². The molecule has 0 spiro atoms. The minimum absolute atomic E-state index is 1.31. The summed E-state index contributed by atoms with van der Waals surface area (Å²) in [5.74, 6) is 0. The van der Waals surface area contributed by atoms with Gasteiger partial charge in [-0.1, -0.05) is 12.1 Å². The quantitative estimate of drug-likeness (QED) is 0.592. The first kappa shape index (κ1) is 8.12. The van der Waals surface area contributed by atoms with E-state index in [9.17, 15) is 0 Å². The summed E-state index contributed by atoms with van der Waals surface area (Å²) in [5.41, 5.74) is 3.96. The van der Waals surface area contributed by atoms with E-state index in [1.165, 1.54) is 16.8 Å². The van der Waals surface area contributed by atoms with E-state index in [0.717, 1.165) is 0 Å². The van der Waals surface area contributed by atoms with Crippen LogP contribution in [-0.4, -0.2) is 14.1 Å². The molecule has 0 radical (unpaired) electrons. The lowest BCUT2D eigenvalue weighted by Crippen LogP contribution is -2.10. The highest BCUT2D eigenvalue weighted by atomic mass is 15.1. The van der Waals surface area contributed by atoms with Gasteiger partial charge in [-0.15, -0.1) is 0 Å². The first-order valence-corrected chi connectivity index (χ1v) is 3.86. The highest BCUT2D eigenvalue weighted by Crippen LogP contribution is 2.18. The third-order valence-corrected chi connectivity index (χ3v) is 1.85. The largest absolute Gasteiger partial charge is 0.377 e. The van der Waals surface area contributed by atoms with Gasteiger partial charge in [-0.2, -0.15) is 0 Å². The van der Waals surface area contributed by atoms with Crippen molar-refractivity contribution in [3.8, 4) is 0 Å². The van der Waals surface area contributed by atoms with E-state index in [0.29, 0.717) is 0 Å². The minimum Gasteiger partial charge on any atom is -0.377 e. The molecule has 0 saturated carbocycles. The van der Waals surface area contributed by atoms with E-state index >= 15 is 0 Å². The molecule has 1 aromatic carbocycles. The van der Waals surface area contributed by atoms with Crippen molar-refractivity contribution in [2.45, 2.75) is 13.8 Å². The Morgan fingerprint density at radius 1 is 1.09 bits per heavy atom. The summed E-state index contributed by atoms with van der Waals surface area (Å²) in [6.45, 7) is 4.25. The average molecular weight is 149 g/mol. The lowest BCUT2D eigenvalue weighted by Gasteiger charge is -2.15. The Hall–Kier alpha value is -0.980. The molecule has 0 aliphatic carbocycles. The standard InChI is InChI=1S/C10H15N/c1-8-5-6-9(2)10(7-8)11(3)4/h5-7H,1-4H3. The molecule has 0 unspecified atom stereocenters. The Bertz CT molecular complexity index is 251. The van der Waals surface area contributed by atoms with Gasteiger partial charge in [-0.3, -0.25) is 0 Å². The van der Waals surface area contributed by atoms with Crippen LogP contribution in [0.15, 0.2) is 18.2 Å². The lowest BCUT2D eigenvalue weighted by molar-refractivity contribution is 1.11. The Kier molecular flexibility index (Phi) is 2.18. The second kappa shape index (κ2) is 2.95. The SMILES string of the molecule is Cc1ccc(C)c(N(C)C)c1. The van der Waals surface area contributed by atoms with Crippen molar-refractivity contribution in [1.29, 1.82) is 0 Å². The molecule has 0 N–H and O–H groups in total. The molecule has 0 atom stereocenters. The van der Waals surface area contributed by atoms with Gasteiger partial charge < -0.3 is 4.90 Å². The number of anilines is 1. The van der Waals surface area contributed by atoms with Crippen LogP contribution in [0.4, 0.5) is 5.69 Å². The molecule has 0 aliphatic rings. The van der Waals surface area contributed by atoms with Crippen LogP contribution in [0.3, 0.4) is 0 Å². The zero-order valence-corrected chi connectivity index (χ0v) is 7.68. The molecule has 0 saturated heterocycles. The van der Waals surface area contributed by atoms with Gasteiger partial charge in [0.25, 0.3) is 0 Å². The summed E-state index contributed by atoms with van der Waals surface area (Å²) < 4.78 is 0. The molecule has 1 nitrogen and oxygen atoms in total. The van der Waals surface area contributed by atoms with Gasteiger partial charge in [-0.25, -0.2) is 0 Å². The van der Waals surface area contributed by atoms with Gasteiger partial charge in [0.05, 0.1) is 0 Å². The first-order chi connectivity index (χ1) is 5.11. The van der Waals surface area contributed by atoms with E-state index in [1.807, 2.05) is 0 Å². The molecule has 1 aromatic rings. The fourth-order valence-corrected chi connectivity index (χ4v) is 1.20. The van der Waals surface area contributed by atoms with Crippen LogP contribution in [-0.2, 0) is 0 Å². The minimum atomic E-state index is 1.31. The number of aryl methyl sites for hydroxylation is 2. The van der Waals surface area contributed by atoms with Crippen molar-refractivity contribution in [2.24, 2.45) is 0 Å². The number of rotatable bonds is 1. The zero-order chi connectivity index (χ0) is 8.43. The fraction of sp³-hybridized carbons (Fsp3) is 0.400. The van der Waals surface area contributed by atoms with Crippen LogP contribution in [0.5, 0.6) is 0 Å². The maximum Gasteiger partial charge on any atom is 0.0393 e. The third-order valence-electron chi connectivity index (χ3n) is 1.85. The summed E-state index contributed by atoms with van der Waals surface area (Å²) >= 11 is 0. The van der Waals surface area contributed by atoms with Crippen LogP contribution >= 0.6 is 0 Å². The molecule has 1 rings (SSSR count). The lowest BCUT2D eigenvalue weighted by atomic mass is 10.1. The first-order valence-electron chi connectivity index (χ1n) is 3.86. The molecule has 0 bridgehead atoms. The summed E-state index contributed by atoms with van der Waals surface area (Å²) in [6, 6.07) is 6.50. The molecule has 0 heterocycles. The Morgan fingerprint density at radius 2 is 1.73 bits per heavy atom. The van der Waals surface area contributed by atoms with Crippen molar-refractivity contribution < 1.29 is 0 Å². The van der Waals surface area contributed by atoms with Crippen molar-refractivity contribution in [2.75, 3.05) is 19.0 Å². The smallest absolute Gasteiger partial charge is 0.0393 e. The Labute approximate surface area is 68.7 Å². The third kappa shape index (κ3) is 1.73. The van der Waals surface area contributed by atoms with Gasteiger partial charge in [0.15, 0.2) is 0 Å². The van der Waals surface area contributed by atoms with E-state index in [2.05, 4.69) is 51.0 Å². The van der Waals surface area contributed by atoms with E-state index in [4.69, 9.17) is 0 Å². The molecule has 0 amide bonds. The van der Waals surface area contributed by atoms with Crippen molar-refractivity contribution in [1.82, 2.24) is 0 Å². The molecule has 0 aromatic heterocycles. The summed E-state index contributed by atoms with van der Waals surface area (Å²) in [5, 5.41) is 0. The molecule has 1 heteroatoms. The highest BCUT2D eigenvalue weighted by molar-refractivity contribution is 5.53. The van der Waals surface area contributed by atoms with Crippen LogP contribution in [0.2, 0.25) is 0 Å². The number of hydrogen-bond donors (Lipinski definition) is 0. The van der Waals surface area contributed by atoms with Crippen molar-refractivity contribution in [3.63, 3.8) is 0 Å². The van der Waals surface area contributed by atoms with Gasteiger partial charge in [0.2, 0.25) is 0 Å². The van der Waals surface area contributed by atoms with Crippen LogP contribution in [0.1, 0.15) is 11.1 Å². The molecule has 0 fully saturated rings. The molecular formula is C10H15N. The predicted molar refractivity (Wildman–Crippen MR) is 50.2 cm³/mol. The topological polar surface area (TPSA) is 3.24 Å². The van der Waals surface area contributed by atoms with Crippen LogP contribution in [0, 0.1) is 13.8 Å². The molecule has 60 valence electrons. The monoisotopic (exact) mass is 149 g/mol. The number of hydrogen-bond acceptors (Lipinski definition) is 1. The Balaban J connectivity index is 3.13. The second-order valence-electron chi connectivity index (χ2n) is 3.18. The van der Waals surface area contributed by atoms with Gasteiger partial charge >= 0.3 is 0 Å². The molecule has 0 aliphatic heterocycles. The second-order valence-corrected chi connectivity index (χ2v) is 3.18. The molecular weight excluding hydrogens is 134 g/mol. The van der Waals surface area contributed by atoms with Crippen molar-refractivity contribution in [3.05, 3.63) is 29.3 Å². The number of nitrogens with zero attached hydrogens (tertiary/aromatic N) is 1.